The van der Waals surface area contributed by atoms with E-state index < -0.39 is 6.09 Å². The third kappa shape index (κ3) is 5.13. The van der Waals surface area contributed by atoms with Gasteiger partial charge in [-0.15, -0.1) is 0 Å². The molecule has 3 rings (SSSR count). The first-order valence-electron chi connectivity index (χ1n) is 9.41. The summed E-state index contributed by atoms with van der Waals surface area (Å²) in [6, 6.07) is 8.78. The molecule has 0 radical (unpaired) electrons. The number of methoxy groups -OCH3 is 1. The van der Waals surface area contributed by atoms with Crippen molar-refractivity contribution in [3.63, 3.8) is 0 Å². The Kier molecular flexibility index (Phi) is 6.48. The molecule has 0 aliphatic carbocycles. The van der Waals surface area contributed by atoms with Crippen molar-refractivity contribution in [2.75, 3.05) is 20.3 Å². The fourth-order valence-electron chi connectivity index (χ4n) is 3.06. The van der Waals surface area contributed by atoms with Crippen LogP contribution in [0.5, 0.6) is 5.75 Å². The van der Waals surface area contributed by atoms with Crippen LogP contribution >= 0.6 is 0 Å². The molecule has 9 nitrogen and oxygen atoms in total. The minimum absolute atomic E-state index is 0.163. The highest BCUT2D eigenvalue weighted by atomic mass is 16.6. The molecule has 1 aromatic heterocycles. The van der Waals surface area contributed by atoms with Crippen molar-refractivity contribution >= 4 is 12.0 Å². The number of hydrogen-bond acceptors (Lipinski definition) is 6. The smallest absolute Gasteiger partial charge is 0.410 e. The Morgan fingerprint density at radius 3 is 2.69 bits per heavy atom. The molecular weight excluding hydrogens is 376 g/mol. The molecule has 2 heterocycles. The van der Waals surface area contributed by atoms with Gasteiger partial charge in [0, 0.05) is 31.1 Å². The monoisotopic (exact) mass is 400 g/mol. The van der Waals surface area contributed by atoms with E-state index >= 15 is 0 Å². The number of hydrogen-bond donors (Lipinski definition) is 1. The van der Waals surface area contributed by atoms with Gasteiger partial charge in [-0.1, -0.05) is 12.1 Å². The first-order chi connectivity index (χ1) is 14.0. The largest absolute Gasteiger partial charge is 0.497 e. The second-order valence-electron chi connectivity index (χ2n) is 6.61. The van der Waals surface area contributed by atoms with Crippen LogP contribution in [0, 0.1) is 0 Å². The first-order valence-corrected chi connectivity index (χ1v) is 9.41. The predicted octanol–water partition coefficient (Wildman–Crippen LogP) is 1.08. The van der Waals surface area contributed by atoms with Gasteiger partial charge in [0.2, 0.25) is 5.91 Å². The molecule has 154 valence electrons. The summed E-state index contributed by atoms with van der Waals surface area (Å²) in [5.74, 6) is 0.436. The summed E-state index contributed by atoms with van der Waals surface area (Å²) in [6.45, 7) is 2.96. The summed E-state index contributed by atoms with van der Waals surface area (Å²) >= 11 is 0. The van der Waals surface area contributed by atoms with Crippen LogP contribution in [-0.2, 0) is 35.6 Å². The Hall–Kier alpha value is -3.36. The van der Waals surface area contributed by atoms with Crippen LogP contribution in [0.4, 0.5) is 4.79 Å². The van der Waals surface area contributed by atoms with Crippen LogP contribution in [0.3, 0.4) is 0 Å². The lowest BCUT2D eigenvalue weighted by Gasteiger charge is -2.27. The Bertz CT molecular complexity index is 939. The molecule has 0 saturated heterocycles. The van der Waals surface area contributed by atoms with Crippen LogP contribution in [-0.4, -0.2) is 46.9 Å². The van der Waals surface area contributed by atoms with E-state index in [0.717, 1.165) is 16.0 Å². The standard InChI is InChI=1S/C20H24N4O5/c1-3-29-20(27)23-9-8-17-15(12-23)10-19(26)24(22-17)13-18(25)21-11-14-4-6-16(28-2)7-5-14/h4-7,10H,3,8-9,11-13H2,1-2H3,(H,21,25). The van der Waals surface area contributed by atoms with Gasteiger partial charge in [-0.3, -0.25) is 9.59 Å². The number of rotatable bonds is 6. The Morgan fingerprint density at radius 1 is 1.24 bits per heavy atom. The van der Waals surface area contributed by atoms with E-state index in [-0.39, 0.29) is 24.6 Å². The van der Waals surface area contributed by atoms with Gasteiger partial charge in [-0.2, -0.15) is 5.10 Å². The van der Waals surface area contributed by atoms with Gasteiger partial charge in [0.25, 0.3) is 5.56 Å². The van der Waals surface area contributed by atoms with E-state index in [4.69, 9.17) is 9.47 Å². The SMILES string of the molecule is CCOC(=O)N1CCc2nn(CC(=O)NCc3ccc(OC)cc3)c(=O)cc2C1. The molecule has 0 fully saturated rings. The molecule has 9 heteroatoms. The third-order valence-electron chi connectivity index (χ3n) is 4.61. The second kappa shape index (κ2) is 9.22. The van der Waals surface area contributed by atoms with E-state index in [1.807, 2.05) is 24.3 Å². The Balaban J connectivity index is 1.60. The Labute approximate surface area is 168 Å². The molecule has 0 unspecified atom stereocenters. The summed E-state index contributed by atoms with van der Waals surface area (Å²) in [7, 11) is 1.59. The lowest BCUT2D eigenvalue weighted by atomic mass is 10.1. The highest BCUT2D eigenvalue weighted by Crippen LogP contribution is 2.16. The average Bonchev–Trinajstić information content (AvgIpc) is 2.73. The fourth-order valence-corrected chi connectivity index (χ4v) is 3.06. The zero-order valence-electron chi connectivity index (χ0n) is 16.5. The van der Waals surface area contributed by atoms with E-state index in [1.165, 1.54) is 6.07 Å². The predicted molar refractivity (Wildman–Crippen MR) is 104 cm³/mol. The van der Waals surface area contributed by atoms with E-state index in [2.05, 4.69) is 10.4 Å². The molecule has 0 spiro atoms. The van der Waals surface area contributed by atoms with Crippen molar-refractivity contribution in [1.29, 1.82) is 0 Å². The minimum Gasteiger partial charge on any atom is -0.497 e. The van der Waals surface area contributed by atoms with Crippen LogP contribution in [0.15, 0.2) is 35.1 Å². The quantitative estimate of drug-likeness (QED) is 0.779. The molecule has 0 atom stereocenters. The Morgan fingerprint density at radius 2 is 2.00 bits per heavy atom. The van der Waals surface area contributed by atoms with Crippen LogP contribution in [0.2, 0.25) is 0 Å². The number of nitrogens with one attached hydrogen (secondary N) is 1. The summed E-state index contributed by atoms with van der Waals surface area (Å²) in [4.78, 5) is 38.0. The second-order valence-corrected chi connectivity index (χ2v) is 6.61. The van der Waals surface area contributed by atoms with E-state index in [9.17, 15) is 14.4 Å². The number of ether oxygens (including phenoxy) is 2. The van der Waals surface area contributed by atoms with Crippen molar-refractivity contribution in [2.45, 2.75) is 33.0 Å². The number of carbonyl (C=O) groups is 2. The normalized spacial score (nSPS) is 12.8. The molecule has 1 aromatic carbocycles. The molecule has 29 heavy (non-hydrogen) atoms. The van der Waals surface area contributed by atoms with E-state index in [0.29, 0.717) is 37.4 Å². The lowest BCUT2D eigenvalue weighted by molar-refractivity contribution is -0.122. The number of benzene rings is 1. The molecule has 1 N–H and O–H groups in total. The molecule has 0 bridgehead atoms. The summed E-state index contributed by atoms with van der Waals surface area (Å²) < 4.78 is 11.3. The topological polar surface area (TPSA) is 103 Å². The van der Waals surface area contributed by atoms with Gasteiger partial charge >= 0.3 is 6.09 Å². The van der Waals surface area contributed by atoms with Crippen LogP contribution < -0.4 is 15.6 Å². The van der Waals surface area contributed by atoms with Gasteiger partial charge < -0.3 is 19.7 Å². The summed E-state index contributed by atoms with van der Waals surface area (Å²) in [5, 5.41) is 7.10. The van der Waals surface area contributed by atoms with Crippen LogP contribution in [0.25, 0.3) is 0 Å². The third-order valence-corrected chi connectivity index (χ3v) is 4.61. The van der Waals surface area contributed by atoms with Gasteiger partial charge in [0.15, 0.2) is 0 Å². The number of amides is 2. The van der Waals surface area contributed by atoms with E-state index in [1.54, 1.807) is 18.9 Å². The molecule has 2 amide bonds. The minimum atomic E-state index is -0.403. The maximum atomic E-state index is 12.3. The fraction of sp³-hybridized carbons (Fsp3) is 0.400. The zero-order valence-corrected chi connectivity index (χ0v) is 16.5. The van der Waals surface area contributed by atoms with Crippen molar-refractivity contribution < 1.29 is 19.1 Å². The molecule has 0 saturated carbocycles. The number of carbonyl (C=O) groups excluding carboxylic acids is 2. The van der Waals surface area contributed by atoms with Crippen molar-refractivity contribution in [3.05, 3.63) is 57.5 Å². The number of aromatic nitrogens is 2. The maximum absolute atomic E-state index is 12.3. The summed E-state index contributed by atoms with van der Waals surface area (Å²) in [5.41, 5.74) is 1.94. The van der Waals surface area contributed by atoms with Crippen LogP contribution in [0.1, 0.15) is 23.7 Å². The number of fused-ring (bicyclic) bond motifs is 1. The van der Waals surface area contributed by atoms with Crippen molar-refractivity contribution in [3.8, 4) is 5.75 Å². The molecule has 2 aromatic rings. The lowest BCUT2D eigenvalue weighted by Crippen LogP contribution is -2.40. The van der Waals surface area contributed by atoms with Gasteiger partial charge in [-0.25, -0.2) is 9.48 Å². The summed E-state index contributed by atoms with van der Waals surface area (Å²) in [6.07, 6.45) is 0.0993. The highest BCUT2D eigenvalue weighted by molar-refractivity contribution is 5.75. The van der Waals surface area contributed by atoms with Crippen molar-refractivity contribution in [1.82, 2.24) is 20.0 Å². The first kappa shape index (κ1) is 20.4. The highest BCUT2D eigenvalue weighted by Gasteiger charge is 2.24. The molecule has 1 aliphatic rings. The van der Waals surface area contributed by atoms with Crippen molar-refractivity contribution in [2.24, 2.45) is 0 Å². The zero-order chi connectivity index (χ0) is 20.8. The number of nitrogens with zero attached hydrogens (tertiary/aromatic N) is 3. The van der Waals surface area contributed by atoms with Gasteiger partial charge in [0.1, 0.15) is 12.3 Å². The average molecular weight is 400 g/mol. The maximum Gasteiger partial charge on any atom is 0.410 e. The molecular formula is C20H24N4O5. The molecule has 1 aliphatic heterocycles. The van der Waals surface area contributed by atoms with Gasteiger partial charge in [0.05, 0.1) is 26.0 Å². The van der Waals surface area contributed by atoms with Gasteiger partial charge in [-0.05, 0) is 24.6 Å².